The topological polar surface area (TPSA) is 66.8 Å². The van der Waals surface area contributed by atoms with E-state index in [0.29, 0.717) is 24.5 Å². The van der Waals surface area contributed by atoms with Gasteiger partial charge in [-0.2, -0.15) is 0 Å². The van der Waals surface area contributed by atoms with Crippen LogP contribution in [0.2, 0.25) is 0 Å². The van der Waals surface area contributed by atoms with E-state index in [4.69, 9.17) is 4.74 Å². The third-order valence-electron chi connectivity index (χ3n) is 4.71. The summed E-state index contributed by atoms with van der Waals surface area (Å²) in [5.74, 6) is -0.607. The van der Waals surface area contributed by atoms with Crippen molar-refractivity contribution < 1.29 is 19.4 Å². The molecule has 0 radical (unpaired) electrons. The Bertz CT molecular complexity index is 855. The summed E-state index contributed by atoms with van der Waals surface area (Å²) in [6, 6.07) is 10.2. The number of hydrogen-bond donors (Lipinski definition) is 1. The van der Waals surface area contributed by atoms with Crippen LogP contribution in [0, 0.1) is 0 Å². The molecule has 6 heteroatoms. The maximum Gasteiger partial charge on any atom is 0.295 e. The highest BCUT2D eigenvalue weighted by atomic mass is 32.1. The number of carbonyl (C=O) groups is 2. The number of ether oxygens (including phenoxy) is 1. The van der Waals surface area contributed by atoms with Crippen molar-refractivity contribution in [3.63, 3.8) is 0 Å². The molecule has 2 aromatic rings. The number of rotatable bonds is 8. The molecule has 1 saturated heterocycles. The molecule has 1 fully saturated rings. The molecule has 1 aromatic carbocycles. The van der Waals surface area contributed by atoms with Gasteiger partial charge in [-0.05, 0) is 48.6 Å². The number of unbranched alkanes of at least 4 members (excludes halogenated alkanes) is 1. The number of aliphatic hydroxyl groups is 1. The van der Waals surface area contributed by atoms with Gasteiger partial charge in [0.25, 0.3) is 11.7 Å². The standard InChI is InChI=1S/C22H25NO4S/c1-3-5-12-23-19(17-7-6-14-28-17)18(21(25)22(23)26)20(24)15-8-10-16(11-9-15)27-13-4-2/h6-11,14,19,24H,3-5,12-13H2,1-2H3/b20-18-. The normalized spacial score (nSPS) is 18.6. The van der Waals surface area contributed by atoms with Crippen molar-refractivity contribution in [1.82, 2.24) is 4.90 Å². The fourth-order valence-corrected chi connectivity index (χ4v) is 4.11. The fourth-order valence-electron chi connectivity index (χ4n) is 3.27. The zero-order valence-corrected chi connectivity index (χ0v) is 17.0. The summed E-state index contributed by atoms with van der Waals surface area (Å²) >= 11 is 1.48. The van der Waals surface area contributed by atoms with E-state index in [1.807, 2.05) is 31.4 Å². The van der Waals surface area contributed by atoms with Crippen molar-refractivity contribution in [1.29, 1.82) is 0 Å². The molecule has 1 aromatic heterocycles. The van der Waals surface area contributed by atoms with Gasteiger partial charge in [0.2, 0.25) is 0 Å². The van der Waals surface area contributed by atoms with Crippen molar-refractivity contribution in [2.75, 3.05) is 13.2 Å². The van der Waals surface area contributed by atoms with E-state index in [1.165, 1.54) is 11.3 Å². The van der Waals surface area contributed by atoms with Gasteiger partial charge >= 0.3 is 0 Å². The van der Waals surface area contributed by atoms with Crippen molar-refractivity contribution >= 4 is 28.8 Å². The molecule has 1 aliphatic rings. The second kappa shape index (κ2) is 9.06. The lowest BCUT2D eigenvalue weighted by Gasteiger charge is -2.23. The van der Waals surface area contributed by atoms with Crippen molar-refractivity contribution in [3.05, 3.63) is 57.8 Å². The molecule has 1 amide bonds. The number of benzene rings is 1. The number of nitrogens with zero attached hydrogens (tertiary/aromatic N) is 1. The van der Waals surface area contributed by atoms with E-state index in [0.717, 1.165) is 24.1 Å². The molecule has 28 heavy (non-hydrogen) atoms. The third kappa shape index (κ3) is 3.97. The highest BCUT2D eigenvalue weighted by molar-refractivity contribution is 7.10. The number of hydrogen-bond acceptors (Lipinski definition) is 5. The summed E-state index contributed by atoms with van der Waals surface area (Å²) in [7, 11) is 0. The predicted octanol–water partition coefficient (Wildman–Crippen LogP) is 4.76. The molecule has 0 aliphatic carbocycles. The largest absolute Gasteiger partial charge is 0.507 e. The van der Waals surface area contributed by atoms with E-state index in [1.54, 1.807) is 29.2 Å². The van der Waals surface area contributed by atoms with Crippen molar-refractivity contribution in [3.8, 4) is 5.75 Å². The Morgan fingerprint density at radius 2 is 1.89 bits per heavy atom. The van der Waals surface area contributed by atoms with Crippen LogP contribution >= 0.6 is 11.3 Å². The van der Waals surface area contributed by atoms with Crippen LogP contribution in [0.25, 0.3) is 5.76 Å². The molecule has 0 spiro atoms. The maximum atomic E-state index is 12.8. The number of carbonyl (C=O) groups excluding carboxylic acids is 2. The van der Waals surface area contributed by atoms with Gasteiger partial charge in [0.15, 0.2) is 0 Å². The van der Waals surface area contributed by atoms with Gasteiger partial charge in [-0.15, -0.1) is 11.3 Å². The average Bonchev–Trinajstić information content (AvgIpc) is 3.32. The molecule has 5 nitrogen and oxygen atoms in total. The second-order valence-corrected chi connectivity index (χ2v) is 7.71. The van der Waals surface area contributed by atoms with Gasteiger partial charge in [-0.25, -0.2) is 0 Å². The first kappa shape index (κ1) is 20.1. The molecule has 2 heterocycles. The Kier molecular flexibility index (Phi) is 6.52. The zero-order chi connectivity index (χ0) is 20.1. The maximum absolute atomic E-state index is 12.8. The molecule has 0 saturated carbocycles. The minimum atomic E-state index is -0.627. The number of thiophene rings is 1. The van der Waals surface area contributed by atoms with Crippen LogP contribution in [0.5, 0.6) is 5.75 Å². The summed E-state index contributed by atoms with van der Waals surface area (Å²) in [6.07, 6.45) is 2.63. The molecule has 1 atom stereocenters. The lowest BCUT2D eigenvalue weighted by Crippen LogP contribution is -2.30. The Morgan fingerprint density at radius 3 is 2.50 bits per heavy atom. The number of ketones is 1. The molecule has 148 valence electrons. The van der Waals surface area contributed by atoms with Gasteiger partial charge in [0.1, 0.15) is 11.5 Å². The quantitative estimate of drug-likeness (QED) is 0.395. The first-order valence-corrected chi connectivity index (χ1v) is 10.5. The van der Waals surface area contributed by atoms with Crippen LogP contribution < -0.4 is 4.74 Å². The molecular weight excluding hydrogens is 374 g/mol. The van der Waals surface area contributed by atoms with E-state index in [2.05, 4.69) is 0 Å². The van der Waals surface area contributed by atoms with Crippen LogP contribution in [-0.4, -0.2) is 34.8 Å². The number of likely N-dealkylation sites (tertiary alicyclic amines) is 1. The lowest BCUT2D eigenvalue weighted by atomic mass is 10.00. The summed E-state index contributed by atoms with van der Waals surface area (Å²) in [6.45, 7) is 5.18. The first-order valence-electron chi connectivity index (χ1n) is 9.63. The molecule has 1 unspecified atom stereocenters. The highest BCUT2D eigenvalue weighted by Crippen LogP contribution is 2.41. The lowest BCUT2D eigenvalue weighted by molar-refractivity contribution is -0.139. The number of amides is 1. The molecule has 1 N–H and O–H groups in total. The van der Waals surface area contributed by atoms with Crippen LogP contribution in [0.15, 0.2) is 47.4 Å². The third-order valence-corrected chi connectivity index (χ3v) is 5.63. The summed E-state index contributed by atoms with van der Waals surface area (Å²) in [5.41, 5.74) is 0.657. The Morgan fingerprint density at radius 1 is 1.14 bits per heavy atom. The Hall–Kier alpha value is -2.60. The molecule has 1 aliphatic heterocycles. The van der Waals surface area contributed by atoms with E-state index < -0.39 is 17.7 Å². The van der Waals surface area contributed by atoms with Gasteiger partial charge in [0, 0.05) is 17.0 Å². The Balaban J connectivity index is 2.00. The fraction of sp³-hybridized carbons (Fsp3) is 0.364. The smallest absolute Gasteiger partial charge is 0.295 e. The molecule has 0 bridgehead atoms. The van der Waals surface area contributed by atoms with E-state index in [9.17, 15) is 14.7 Å². The van der Waals surface area contributed by atoms with E-state index >= 15 is 0 Å². The molecular formula is C22H25NO4S. The van der Waals surface area contributed by atoms with Crippen molar-refractivity contribution in [2.45, 2.75) is 39.2 Å². The van der Waals surface area contributed by atoms with Gasteiger partial charge < -0.3 is 14.7 Å². The highest BCUT2D eigenvalue weighted by Gasteiger charge is 2.46. The first-order chi connectivity index (χ1) is 13.6. The van der Waals surface area contributed by atoms with E-state index in [-0.39, 0.29) is 11.3 Å². The van der Waals surface area contributed by atoms with Gasteiger partial charge in [-0.3, -0.25) is 9.59 Å². The minimum Gasteiger partial charge on any atom is -0.507 e. The van der Waals surface area contributed by atoms with Gasteiger partial charge in [-0.1, -0.05) is 26.3 Å². The monoisotopic (exact) mass is 399 g/mol. The summed E-state index contributed by atoms with van der Waals surface area (Å²) in [5, 5.41) is 12.8. The average molecular weight is 400 g/mol. The predicted molar refractivity (Wildman–Crippen MR) is 110 cm³/mol. The van der Waals surface area contributed by atoms with Crippen LogP contribution in [-0.2, 0) is 9.59 Å². The Labute approximate surface area is 169 Å². The molecule has 3 rings (SSSR count). The summed E-state index contributed by atoms with van der Waals surface area (Å²) in [4.78, 5) is 27.9. The van der Waals surface area contributed by atoms with Crippen LogP contribution in [0.3, 0.4) is 0 Å². The SMILES string of the molecule is CCCCN1C(=O)C(=O)/C(=C(\O)c2ccc(OCCC)cc2)C1c1cccs1. The van der Waals surface area contributed by atoms with Crippen LogP contribution in [0.4, 0.5) is 0 Å². The second-order valence-electron chi connectivity index (χ2n) is 6.73. The van der Waals surface area contributed by atoms with Crippen molar-refractivity contribution in [2.24, 2.45) is 0 Å². The van der Waals surface area contributed by atoms with Crippen LogP contribution in [0.1, 0.15) is 49.6 Å². The van der Waals surface area contributed by atoms with Gasteiger partial charge in [0.05, 0.1) is 18.2 Å². The zero-order valence-electron chi connectivity index (χ0n) is 16.2. The minimum absolute atomic E-state index is 0.141. The number of aliphatic hydroxyl groups excluding tert-OH is 1. The number of Topliss-reactive ketones (excluding diaryl/α,β-unsaturated/α-hetero) is 1. The summed E-state index contributed by atoms with van der Waals surface area (Å²) < 4.78 is 5.57.